The SMILES string of the molecule is CCOCCN(CCOCC)c1ccc(NN)nn1.Cl.Cl. The Morgan fingerprint density at radius 2 is 1.62 bits per heavy atom. The second-order valence-electron chi connectivity index (χ2n) is 3.80. The molecule has 0 fully saturated rings. The Morgan fingerprint density at radius 1 is 1.05 bits per heavy atom. The first-order valence-corrected chi connectivity index (χ1v) is 6.52. The highest BCUT2D eigenvalue weighted by Gasteiger charge is 2.08. The van der Waals surface area contributed by atoms with Crippen molar-refractivity contribution >= 4 is 36.4 Å². The topological polar surface area (TPSA) is 85.5 Å². The minimum Gasteiger partial charge on any atom is -0.380 e. The number of nitrogen functional groups attached to an aromatic ring is 1. The van der Waals surface area contributed by atoms with Crippen LogP contribution in [0.3, 0.4) is 0 Å². The van der Waals surface area contributed by atoms with Gasteiger partial charge in [-0.1, -0.05) is 0 Å². The Morgan fingerprint density at radius 3 is 2.00 bits per heavy atom. The van der Waals surface area contributed by atoms with Crippen LogP contribution in [-0.2, 0) is 9.47 Å². The van der Waals surface area contributed by atoms with Gasteiger partial charge >= 0.3 is 0 Å². The summed E-state index contributed by atoms with van der Waals surface area (Å²) >= 11 is 0. The Bertz CT molecular complexity index is 333. The lowest BCUT2D eigenvalue weighted by atomic mass is 10.4. The molecule has 0 bridgehead atoms. The zero-order valence-electron chi connectivity index (χ0n) is 12.4. The van der Waals surface area contributed by atoms with Crippen molar-refractivity contribution in [3.8, 4) is 0 Å². The van der Waals surface area contributed by atoms with Gasteiger partial charge in [0.05, 0.1) is 13.2 Å². The predicted octanol–water partition coefficient (Wildman–Crippen LogP) is 1.49. The largest absolute Gasteiger partial charge is 0.380 e. The summed E-state index contributed by atoms with van der Waals surface area (Å²) < 4.78 is 10.7. The predicted molar refractivity (Wildman–Crippen MR) is 89.5 cm³/mol. The van der Waals surface area contributed by atoms with Gasteiger partial charge in [0.2, 0.25) is 0 Å². The van der Waals surface area contributed by atoms with Crippen LogP contribution in [0, 0.1) is 0 Å². The fraction of sp³-hybridized carbons (Fsp3) is 0.667. The number of halogens is 2. The van der Waals surface area contributed by atoms with E-state index in [0.29, 0.717) is 32.2 Å². The average Bonchev–Trinajstić information content (AvgIpc) is 2.46. The highest BCUT2D eigenvalue weighted by molar-refractivity contribution is 5.85. The molecule has 7 nitrogen and oxygen atoms in total. The first-order chi connectivity index (χ1) is 9.31. The highest BCUT2D eigenvalue weighted by atomic mass is 35.5. The molecule has 0 unspecified atom stereocenters. The van der Waals surface area contributed by atoms with Crippen LogP contribution < -0.4 is 16.2 Å². The van der Waals surface area contributed by atoms with Crippen molar-refractivity contribution < 1.29 is 9.47 Å². The van der Waals surface area contributed by atoms with Crippen molar-refractivity contribution in [3.05, 3.63) is 12.1 Å². The third-order valence-electron chi connectivity index (χ3n) is 2.54. The van der Waals surface area contributed by atoms with Crippen molar-refractivity contribution in [1.29, 1.82) is 0 Å². The van der Waals surface area contributed by atoms with Crippen LogP contribution >= 0.6 is 24.8 Å². The standard InChI is InChI=1S/C12H23N5O2.2ClH/c1-3-18-9-7-17(8-10-19-4-2)12-6-5-11(14-13)15-16-12;;/h5-6H,3-4,7-10,13H2,1-2H3,(H,14,15);2*1H. The molecule has 0 aliphatic rings. The number of aromatic nitrogens is 2. The molecule has 21 heavy (non-hydrogen) atoms. The lowest BCUT2D eigenvalue weighted by Crippen LogP contribution is -2.32. The number of nitrogens with two attached hydrogens (primary N) is 1. The first kappa shape index (κ1) is 22.4. The molecule has 1 rings (SSSR count). The van der Waals surface area contributed by atoms with Gasteiger partial charge in [-0.3, -0.25) is 0 Å². The van der Waals surface area contributed by atoms with Crippen molar-refractivity contribution in [2.24, 2.45) is 5.84 Å². The lowest BCUT2D eigenvalue weighted by Gasteiger charge is -2.23. The van der Waals surface area contributed by atoms with Gasteiger partial charge in [-0.15, -0.1) is 35.0 Å². The Balaban J connectivity index is 0. The molecule has 124 valence electrons. The summed E-state index contributed by atoms with van der Waals surface area (Å²) in [6, 6.07) is 3.66. The van der Waals surface area contributed by atoms with Crippen LogP contribution in [0.4, 0.5) is 11.6 Å². The van der Waals surface area contributed by atoms with Crippen molar-refractivity contribution in [3.63, 3.8) is 0 Å². The molecule has 0 aliphatic heterocycles. The van der Waals surface area contributed by atoms with Gasteiger partial charge in [-0.05, 0) is 26.0 Å². The highest BCUT2D eigenvalue weighted by Crippen LogP contribution is 2.10. The third-order valence-corrected chi connectivity index (χ3v) is 2.54. The van der Waals surface area contributed by atoms with Crippen LogP contribution in [0.15, 0.2) is 12.1 Å². The van der Waals surface area contributed by atoms with Gasteiger partial charge in [-0.2, -0.15) is 0 Å². The molecule has 3 N–H and O–H groups in total. The van der Waals surface area contributed by atoms with E-state index in [9.17, 15) is 0 Å². The van der Waals surface area contributed by atoms with Crippen LogP contribution in [-0.4, -0.2) is 49.7 Å². The number of hydrogen-bond donors (Lipinski definition) is 2. The van der Waals surface area contributed by atoms with Crippen LogP contribution in [0.1, 0.15) is 13.8 Å². The summed E-state index contributed by atoms with van der Waals surface area (Å²) in [5, 5.41) is 8.09. The van der Waals surface area contributed by atoms with Crippen LogP contribution in [0.2, 0.25) is 0 Å². The smallest absolute Gasteiger partial charge is 0.162 e. The van der Waals surface area contributed by atoms with E-state index in [-0.39, 0.29) is 24.8 Å². The maximum absolute atomic E-state index is 5.37. The third kappa shape index (κ3) is 8.90. The summed E-state index contributed by atoms with van der Waals surface area (Å²) in [6.45, 7) is 8.19. The number of ether oxygens (including phenoxy) is 2. The summed E-state index contributed by atoms with van der Waals surface area (Å²) in [4.78, 5) is 2.08. The van der Waals surface area contributed by atoms with Crippen molar-refractivity contribution in [1.82, 2.24) is 10.2 Å². The van der Waals surface area contributed by atoms with E-state index < -0.39 is 0 Å². The second-order valence-corrected chi connectivity index (χ2v) is 3.80. The van der Waals surface area contributed by atoms with Gasteiger partial charge < -0.3 is 19.8 Å². The second kappa shape index (κ2) is 14.1. The summed E-state index contributed by atoms with van der Waals surface area (Å²) in [5.41, 5.74) is 2.46. The van der Waals surface area contributed by atoms with Crippen molar-refractivity contribution in [2.75, 3.05) is 49.8 Å². The number of anilines is 2. The zero-order valence-corrected chi connectivity index (χ0v) is 14.1. The van der Waals surface area contributed by atoms with Crippen LogP contribution in [0.25, 0.3) is 0 Å². The van der Waals surface area contributed by atoms with Gasteiger partial charge in [0.15, 0.2) is 11.6 Å². The molecular weight excluding hydrogens is 317 g/mol. The maximum atomic E-state index is 5.37. The van der Waals surface area contributed by atoms with Gasteiger partial charge in [0, 0.05) is 26.3 Å². The Labute approximate surface area is 138 Å². The molecule has 0 atom stereocenters. The monoisotopic (exact) mass is 341 g/mol. The molecule has 0 saturated carbocycles. The average molecular weight is 342 g/mol. The van der Waals surface area contributed by atoms with E-state index in [1.807, 2.05) is 19.9 Å². The van der Waals surface area contributed by atoms with Gasteiger partial charge in [0.1, 0.15) is 0 Å². The molecule has 9 heteroatoms. The molecule has 0 saturated heterocycles. The number of rotatable bonds is 10. The number of hydrogen-bond acceptors (Lipinski definition) is 7. The number of nitrogens with one attached hydrogen (secondary N) is 1. The molecule has 0 aromatic carbocycles. The number of nitrogens with zero attached hydrogens (tertiary/aromatic N) is 3. The normalized spacial score (nSPS) is 9.48. The molecule has 1 aromatic heterocycles. The van der Waals surface area contributed by atoms with Crippen molar-refractivity contribution in [2.45, 2.75) is 13.8 Å². The minimum absolute atomic E-state index is 0. The van der Waals surface area contributed by atoms with Crippen LogP contribution in [0.5, 0.6) is 0 Å². The van der Waals surface area contributed by atoms with E-state index in [4.69, 9.17) is 15.3 Å². The lowest BCUT2D eigenvalue weighted by molar-refractivity contribution is 0.141. The molecule has 0 aliphatic carbocycles. The summed E-state index contributed by atoms with van der Waals surface area (Å²) in [6.07, 6.45) is 0. The van der Waals surface area contributed by atoms with E-state index in [0.717, 1.165) is 18.9 Å². The molecule has 1 heterocycles. The molecule has 1 aromatic rings. The van der Waals surface area contributed by atoms with E-state index >= 15 is 0 Å². The molecular formula is C12H25Cl2N5O2. The summed E-state index contributed by atoms with van der Waals surface area (Å²) in [5.74, 6) is 6.60. The molecule has 0 radical (unpaired) electrons. The van der Waals surface area contributed by atoms with Gasteiger partial charge in [0.25, 0.3) is 0 Å². The Hall–Kier alpha value is -0.860. The number of hydrazine groups is 1. The fourth-order valence-corrected chi connectivity index (χ4v) is 1.55. The maximum Gasteiger partial charge on any atom is 0.162 e. The molecule has 0 amide bonds. The quantitative estimate of drug-likeness (QED) is 0.378. The van der Waals surface area contributed by atoms with E-state index in [1.165, 1.54) is 0 Å². The zero-order chi connectivity index (χ0) is 13.9. The Kier molecular flexibility index (Phi) is 15.0. The molecule has 0 spiro atoms. The minimum atomic E-state index is 0. The first-order valence-electron chi connectivity index (χ1n) is 6.52. The van der Waals surface area contributed by atoms with Gasteiger partial charge in [-0.25, -0.2) is 5.84 Å². The fourth-order valence-electron chi connectivity index (χ4n) is 1.55. The van der Waals surface area contributed by atoms with E-state index in [2.05, 4.69) is 20.5 Å². The summed E-state index contributed by atoms with van der Waals surface area (Å²) in [7, 11) is 0. The van der Waals surface area contributed by atoms with E-state index in [1.54, 1.807) is 6.07 Å².